The number of furan rings is 2. The number of carbonyl (C=O) groups is 1. The van der Waals surface area contributed by atoms with Gasteiger partial charge in [0.1, 0.15) is 22.9 Å². The average molecular weight is 440 g/mol. The van der Waals surface area contributed by atoms with Crippen molar-refractivity contribution < 1.29 is 23.3 Å². The van der Waals surface area contributed by atoms with Crippen molar-refractivity contribution in [1.29, 1.82) is 0 Å². The number of halogens is 1. The lowest BCUT2D eigenvalue weighted by Gasteiger charge is -2.05. The largest absolute Gasteiger partial charge is 0.496 e. The predicted molar refractivity (Wildman–Crippen MR) is 114 cm³/mol. The highest BCUT2D eigenvalue weighted by Gasteiger charge is 2.16. The minimum atomic E-state index is -0.546. The van der Waals surface area contributed by atoms with Crippen LogP contribution in [0.15, 0.2) is 68.5 Å². The number of hydrogen-bond donors (Lipinski definition) is 1. The lowest BCUT2D eigenvalue weighted by molar-refractivity contribution is -0.384. The third-order valence-electron chi connectivity index (χ3n) is 4.35. The second kappa shape index (κ2) is 8.33. The van der Waals surface area contributed by atoms with Gasteiger partial charge >= 0.3 is 5.91 Å². The van der Waals surface area contributed by atoms with Gasteiger partial charge in [0.2, 0.25) is 0 Å². The molecule has 2 aromatic heterocycles. The highest BCUT2D eigenvalue weighted by molar-refractivity contribution is 6.31. The summed E-state index contributed by atoms with van der Waals surface area (Å²) >= 11 is 5.93. The van der Waals surface area contributed by atoms with Gasteiger partial charge in [-0.05, 0) is 42.5 Å². The van der Waals surface area contributed by atoms with Crippen LogP contribution in [0.1, 0.15) is 16.3 Å². The molecule has 2 aromatic carbocycles. The quantitative estimate of drug-likeness (QED) is 0.255. The molecule has 31 heavy (non-hydrogen) atoms. The number of hydrazone groups is 1. The number of nitrogens with one attached hydrogen (secondary N) is 1. The third-order valence-corrected chi connectivity index (χ3v) is 4.58. The minimum absolute atomic E-state index is 0.0795. The molecule has 2 heterocycles. The molecule has 4 rings (SSSR count). The monoisotopic (exact) mass is 439 g/mol. The van der Waals surface area contributed by atoms with E-state index in [0.717, 1.165) is 0 Å². The molecule has 10 heteroatoms. The van der Waals surface area contributed by atoms with E-state index in [1.54, 1.807) is 36.4 Å². The summed E-state index contributed by atoms with van der Waals surface area (Å²) in [6.45, 7) is 0. The van der Waals surface area contributed by atoms with Gasteiger partial charge in [-0.2, -0.15) is 5.10 Å². The number of carbonyl (C=O) groups excluding carboxylic acids is 1. The molecule has 0 saturated heterocycles. The van der Waals surface area contributed by atoms with Gasteiger partial charge in [-0.15, -0.1) is 0 Å². The van der Waals surface area contributed by atoms with E-state index in [-0.39, 0.29) is 11.4 Å². The Kier molecular flexibility index (Phi) is 5.42. The number of nitro benzene ring substituents is 1. The predicted octanol–water partition coefficient (Wildman–Crippen LogP) is 5.03. The summed E-state index contributed by atoms with van der Waals surface area (Å²) in [5, 5.41) is 16.1. The summed E-state index contributed by atoms with van der Waals surface area (Å²) in [6.07, 6.45) is 1.30. The van der Waals surface area contributed by atoms with Gasteiger partial charge in [0.25, 0.3) is 5.69 Å². The highest BCUT2D eigenvalue weighted by atomic mass is 35.5. The summed E-state index contributed by atoms with van der Waals surface area (Å²) in [5.41, 5.74) is 3.20. The van der Waals surface area contributed by atoms with Crippen LogP contribution in [0, 0.1) is 10.1 Å². The first-order chi connectivity index (χ1) is 14.9. The second-order valence-electron chi connectivity index (χ2n) is 6.34. The van der Waals surface area contributed by atoms with Crippen LogP contribution in [0.25, 0.3) is 22.3 Å². The molecule has 0 bridgehead atoms. The van der Waals surface area contributed by atoms with Crippen molar-refractivity contribution in [2.45, 2.75) is 0 Å². The smallest absolute Gasteiger partial charge is 0.307 e. The van der Waals surface area contributed by atoms with Gasteiger partial charge in [0.15, 0.2) is 5.76 Å². The Morgan fingerprint density at radius 2 is 2.00 bits per heavy atom. The summed E-state index contributed by atoms with van der Waals surface area (Å²) in [7, 11) is 1.46. The van der Waals surface area contributed by atoms with Crippen LogP contribution in [0.5, 0.6) is 5.75 Å². The van der Waals surface area contributed by atoms with Gasteiger partial charge in [-0.25, -0.2) is 5.43 Å². The van der Waals surface area contributed by atoms with E-state index in [9.17, 15) is 14.9 Å². The molecule has 9 nitrogen and oxygen atoms in total. The zero-order valence-corrected chi connectivity index (χ0v) is 16.8. The van der Waals surface area contributed by atoms with E-state index >= 15 is 0 Å². The maximum atomic E-state index is 12.2. The van der Waals surface area contributed by atoms with Crippen LogP contribution < -0.4 is 10.2 Å². The van der Waals surface area contributed by atoms with Crippen molar-refractivity contribution in [1.82, 2.24) is 5.43 Å². The van der Waals surface area contributed by atoms with Crippen molar-refractivity contribution in [3.63, 3.8) is 0 Å². The number of hydrogen-bond acceptors (Lipinski definition) is 7. The summed E-state index contributed by atoms with van der Waals surface area (Å²) < 4.78 is 16.4. The summed E-state index contributed by atoms with van der Waals surface area (Å²) in [5.74, 6) is 0.621. The maximum Gasteiger partial charge on any atom is 0.307 e. The zero-order valence-electron chi connectivity index (χ0n) is 16.0. The molecule has 0 aliphatic heterocycles. The molecule has 4 aromatic rings. The Morgan fingerprint density at radius 1 is 1.16 bits per heavy atom. The number of rotatable bonds is 6. The van der Waals surface area contributed by atoms with Crippen LogP contribution in [0.2, 0.25) is 5.02 Å². The fourth-order valence-electron chi connectivity index (χ4n) is 2.90. The van der Waals surface area contributed by atoms with Crippen LogP contribution in [0.4, 0.5) is 5.69 Å². The minimum Gasteiger partial charge on any atom is -0.496 e. The van der Waals surface area contributed by atoms with Gasteiger partial charge < -0.3 is 13.6 Å². The fraction of sp³-hybridized carbons (Fsp3) is 0.0476. The molecule has 1 N–H and O–H groups in total. The molecule has 0 aliphatic carbocycles. The number of fused-ring (bicyclic) bond motifs is 1. The Labute approximate surface area is 180 Å². The topological polar surface area (TPSA) is 120 Å². The van der Waals surface area contributed by atoms with Crippen LogP contribution in [-0.4, -0.2) is 24.2 Å². The molecular formula is C21H14ClN3O6. The summed E-state index contributed by atoms with van der Waals surface area (Å²) in [6, 6.07) is 14.0. The average Bonchev–Trinajstić information content (AvgIpc) is 3.40. The summed E-state index contributed by atoms with van der Waals surface area (Å²) in [4.78, 5) is 22.8. The van der Waals surface area contributed by atoms with Gasteiger partial charge in [0, 0.05) is 22.5 Å². The lowest BCUT2D eigenvalue weighted by Crippen LogP contribution is -2.16. The van der Waals surface area contributed by atoms with Crippen molar-refractivity contribution in [3.8, 4) is 17.1 Å². The standard InChI is InChI=1S/C21H14ClN3O6/c1-29-18-6-3-14(25(27)28)10-16(18)19-7-4-15(30-19)11-23-24-21(26)20-9-12-8-13(22)2-5-17(12)31-20/h2-11H,1H3,(H,24,26)/b23-11+. The molecule has 0 spiro atoms. The molecule has 1 amide bonds. The maximum absolute atomic E-state index is 12.2. The molecule has 0 fully saturated rings. The van der Waals surface area contributed by atoms with E-state index in [1.807, 2.05) is 0 Å². The van der Waals surface area contributed by atoms with Gasteiger partial charge in [0.05, 0.1) is 23.8 Å². The number of nitro groups is 1. The SMILES string of the molecule is COc1ccc([N+](=O)[O-])cc1-c1ccc(/C=N/NC(=O)c2cc3cc(Cl)ccc3o2)o1. The zero-order chi connectivity index (χ0) is 22.0. The molecule has 0 unspecified atom stereocenters. The number of amides is 1. The first-order valence-corrected chi connectivity index (χ1v) is 9.27. The molecule has 0 aliphatic rings. The Morgan fingerprint density at radius 3 is 2.77 bits per heavy atom. The number of methoxy groups -OCH3 is 1. The van der Waals surface area contributed by atoms with Crippen molar-refractivity contribution in [3.05, 3.63) is 81.3 Å². The fourth-order valence-corrected chi connectivity index (χ4v) is 3.09. The lowest BCUT2D eigenvalue weighted by atomic mass is 10.1. The number of nitrogens with zero attached hydrogens (tertiary/aromatic N) is 2. The normalized spacial score (nSPS) is 11.2. The molecular weight excluding hydrogens is 426 g/mol. The molecule has 0 atom stereocenters. The van der Waals surface area contributed by atoms with Crippen molar-refractivity contribution in [2.75, 3.05) is 7.11 Å². The first kappa shape index (κ1) is 20.2. The Bertz CT molecular complexity index is 1320. The van der Waals surface area contributed by atoms with Gasteiger partial charge in [-0.3, -0.25) is 14.9 Å². The number of ether oxygens (including phenoxy) is 1. The van der Waals surface area contributed by atoms with Gasteiger partial charge in [-0.1, -0.05) is 11.6 Å². The number of benzene rings is 2. The van der Waals surface area contributed by atoms with Crippen molar-refractivity contribution >= 4 is 40.4 Å². The Balaban J connectivity index is 1.49. The number of non-ortho nitro benzene ring substituents is 1. The molecule has 156 valence electrons. The van der Waals surface area contributed by atoms with E-state index < -0.39 is 10.8 Å². The van der Waals surface area contributed by atoms with E-state index in [0.29, 0.717) is 38.8 Å². The molecule has 0 saturated carbocycles. The van der Waals surface area contributed by atoms with E-state index in [2.05, 4.69) is 10.5 Å². The van der Waals surface area contributed by atoms with Crippen LogP contribution >= 0.6 is 11.6 Å². The Hall–Kier alpha value is -4.11. The second-order valence-corrected chi connectivity index (χ2v) is 6.77. The highest BCUT2D eigenvalue weighted by Crippen LogP contribution is 2.34. The van der Waals surface area contributed by atoms with Crippen LogP contribution in [-0.2, 0) is 0 Å². The van der Waals surface area contributed by atoms with E-state index in [4.69, 9.17) is 25.2 Å². The van der Waals surface area contributed by atoms with Crippen molar-refractivity contribution in [2.24, 2.45) is 5.10 Å². The molecule has 0 radical (unpaired) electrons. The van der Waals surface area contributed by atoms with E-state index in [1.165, 1.54) is 31.5 Å². The van der Waals surface area contributed by atoms with Crippen LogP contribution in [0.3, 0.4) is 0 Å². The third kappa shape index (κ3) is 4.26. The first-order valence-electron chi connectivity index (χ1n) is 8.90.